The number of piperidine rings is 1. The smallest absolute Gasteiger partial charge is 0.253 e. The van der Waals surface area contributed by atoms with E-state index in [1.54, 1.807) is 4.68 Å². The van der Waals surface area contributed by atoms with Crippen molar-refractivity contribution in [1.29, 1.82) is 0 Å². The van der Waals surface area contributed by atoms with Crippen LogP contribution in [0.5, 0.6) is 0 Å². The summed E-state index contributed by atoms with van der Waals surface area (Å²) in [7, 11) is 0. The van der Waals surface area contributed by atoms with Crippen molar-refractivity contribution in [2.45, 2.75) is 19.3 Å². The highest BCUT2D eigenvalue weighted by Gasteiger charge is 2.18. The first-order valence-electron chi connectivity index (χ1n) is 9.13. The summed E-state index contributed by atoms with van der Waals surface area (Å²) < 4.78 is 1.67. The largest absolute Gasteiger partial charge is 0.384 e. The Kier molecular flexibility index (Phi) is 4.86. The maximum atomic E-state index is 12.6. The van der Waals surface area contributed by atoms with Crippen LogP contribution < -0.4 is 5.73 Å². The number of carbonyl (C=O) groups is 1. The van der Waals surface area contributed by atoms with Gasteiger partial charge in [0.15, 0.2) is 0 Å². The van der Waals surface area contributed by atoms with Gasteiger partial charge < -0.3 is 10.6 Å². The van der Waals surface area contributed by atoms with Gasteiger partial charge >= 0.3 is 0 Å². The number of benzene rings is 2. The average Bonchev–Trinajstić information content (AvgIpc) is 3.10. The number of halogens is 1. The third kappa shape index (κ3) is 3.69. The van der Waals surface area contributed by atoms with Gasteiger partial charge in [0.25, 0.3) is 5.91 Å². The third-order valence-corrected chi connectivity index (χ3v) is 5.09. The topological polar surface area (TPSA) is 64.1 Å². The molecule has 2 aromatic carbocycles. The second kappa shape index (κ2) is 7.45. The van der Waals surface area contributed by atoms with Gasteiger partial charge in [0, 0.05) is 35.3 Å². The fourth-order valence-corrected chi connectivity index (χ4v) is 3.61. The molecule has 4 rings (SSSR count). The second-order valence-corrected chi connectivity index (χ2v) is 7.21. The molecule has 0 bridgehead atoms. The lowest BCUT2D eigenvalue weighted by Crippen LogP contribution is -2.35. The molecule has 2 N–H and O–H groups in total. The van der Waals surface area contributed by atoms with Crippen molar-refractivity contribution in [3.63, 3.8) is 0 Å². The van der Waals surface area contributed by atoms with Crippen molar-refractivity contribution in [2.24, 2.45) is 0 Å². The van der Waals surface area contributed by atoms with E-state index in [9.17, 15) is 4.79 Å². The molecule has 2 heterocycles. The quantitative estimate of drug-likeness (QED) is 0.732. The van der Waals surface area contributed by atoms with Crippen molar-refractivity contribution < 1.29 is 4.79 Å². The van der Waals surface area contributed by atoms with Gasteiger partial charge in [-0.3, -0.25) is 4.79 Å². The summed E-state index contributed by atoms with van der Waals surface area (Å²) in [6.45, 7) is 1.69. The molecule has 3 aromatic rings. The molecule has 5 nitrogen and oxygen atoms in total. The average molecular weight is 381 g/mol. The van der Waals surface area contributed by atoms with Gasteiger partial charge in [0.05, 0.1) is 11.4 Å². The maximum Gasteiger partial charge on any atom is 0.253 e. The molecule has 1 aliphatic rings. The van der Waals surface area contributed by atoms with Crippen LogP contribution in [-0.2, 0) is 0 Å². The highest BCUT2D eigenvalue weighted by atomic mass is 35.5. The predicted octanol–water partition coefficient (Wildman–Crippen LogP) is 4.40. The van der Waals surface area contributed by atoms with E-state index in [-0.39, 0.29) is 5.91 Å². The Morgan fingerprint density at radius 1 is 1.00 bits per heavy atom. The van der Waals surface area contributed by atoms with E-state index in [0.717, 1.165) is 42.9 Å². The molecular formula is C21H21ClN4O. The van der Waals surface area contributed by atoms with Gasteiger partial charge in [-0.1, -0.05) is 23.7 Å². The van der Waals surface area contributed by atoms with Crippen molar-refractivity contribution in [3.8, 4) is 16.9 Å². The Balaban J connectivity index is 1.58. The minimum Gasteiger partial charge on any atom is -0.384 e. The summed E-state index contributed by atoms with van der Waals surface area (Å²) in [6.07, 6.45) is 3.37. The number of aromatic nitrogens is 2. The number of hydrogen-bond acceptors (Lipinski definition) is 3. The molecule has 0 atom stereocenters. The molecule has 27 heavy (non-hydrogen) atoms. The molecule has 0 radical (unpaired) electrons. The highest BCUT2D eigenvalue weighted by molar-refractivity contribution is 6.30. The van der Waals surface area contributed by atoms with E-state index in [4.69, 9.17) is 17.3 Å². The van der Waals surface area contributed by atoms with Gasteiger partial charge in [0.1, 0.15) is 5.82 Å². The van der Waals surface area contributed by atoms with Crippen LogP contribution in [0, 0.1) is 0 Å². The van der Waals surface area contributed by atoms with Crippen LogP contribution in [0.4, 0.5) is 5.82 Å². The summed E-state index contributed by atoms with van der Waals surface area (Å²) in [4.78, 5) is 14.5. The highest BCUT2D eigenvalue weighted by Crippen LogP contribution is 2.25. The molecule has 1 amide bonds. The number of anilines is 1. The van der Waals surface area contributed by atoms with E-state index in [0.29, 0.717) is 16.4 Å². The summed E-state index contributed by atoms with van der Waals surface area (Å²) in [5, 5.41) is 5.25. The first-order chi connectivity index (χ1) is 13.1. The fourth-order valence-electron chi connectivity index (χ4n) is 3.42. The molecule has 138 valence electrons. The summed E-state index contributed by atoms with van der Waals surface area (Å²) in [6, 6.07) is 16.8. The van der Waals surface area contributed by atoms with Crippen LogP contribution >= 0.6 is 11.6 Å². The minimum absolute atomic E-state index is 0.0919. The van der Waals surface area contributed by atoms with Crippen LogP contribution in [0.2, 0.25) is 5.02 Å². The Morgan fingerprint density at radius 2 is 1.74 bits per heavy atom. The van der Waals surface area contributed by atoms with E-state index in [1.165, 1.54) is 6.42 Å². The maximum absolute atomic E-state index is 12.6. The molecule has 0 saturated carbocycles. The zero-order chi connectivity index (χ0) is 18.8. The monoisotopic (exact) mass is 380 g/mol. The number of hydrogen-bond donors (Lipinski definition) is 1. The zero-order valence-electron chi connectivity index (χ0n) is 14.9. The standard InChI is InChI=1S/C21H21ClN4O/c22-17-6-4-5-16(13-17)19-14-20(23)26(24-19)18-9-7-15(8-10-18)21(27)25-11-2-1-3-12-25/h4-10,13-14H,1-3,11-12,23H2. The Bertz CT molecular complexity index is 959. The van der Waals surface area contributed by atoms with Gasteiger partial charge in [-0.05, 0) is 55.7 Å². The van der Waals surface area contributed by atoms with Crippen molar-refractivity contribution in [3.05, 3.63) is 65.2 Å². The zero-order valence-corrected chi connectivity index (χ0v) is 15.7. The second-order valence-electron chi connectivity index (χ2n) is 6.78. The molecule has 1 aromatic heterocycles. The van der Waals surface area contributed by atoms with E-state index < -0.39 is 0 Å². The van der Waals surface area contributed by atoms with Crippen molar-refractivity contribution >= 4 is 23.3 Å². The first-order valence-corrected chi connectivity index (χ1v) is 9.51. The first kappa shape index (κ1) is 17.6. The van der Waals surface area contributed by atoms with Crippen molar-refractivity contribution in [2.75, 3.05) is 18.8 Å². The van der Waals surface area contributed by atoms with Crippen LogP contribution in [0.1, 0.15) is 29.6 Å². The number of amides is 1. The van der Waals surface area contributed by atoms with Crippen LogP contribution in [0.15, 0.2) is 54.6 Å². The van der Waals surface area contributed by atoms with Crippen LogP contribution in [0.25, 0.3) is 16.9 Å². The summed E-state index contributed by atoms with van der Waals surface area (Å²) in [5.74, 6) is 0.620. The minimum atomic E-state index is 0.0919. The number of likely N-dealkylation sites (tertiary alicyclic amines) is 1. The molecule has 6 heteroatoms. The molecule has 0 aliphatic carbocycles. The number of nitrogens with zero attached hydrogens (tertiary/aromatic N) is 3. The van der Waals surface area contributed by atoms with E-state index in [2.05, 4.69) is 5.10 Å². The van der Waals surface area contributed by atoms with Gasteiger partial charge in [0.2, 0.25) is 0 Å². The van der Waals surface area contributed by atoms with Gasteiger partial charge in [-0.2, -0.15) is 5.10 Å². The number of nitrogens with two attached hydrogens (primary N) is 1. The predicted molar refractivity (Wildman–Crippen MR) is 108 cm³/mol. The lowest BCUT2D eigenvalue weighted by Gasteiger charge is -2.26. The normalized spacial score (nSPS) is 14.3. The summed E-state index contributed by atoms with van der Waals surface area (Å²) in [5.41, 5.74) is 9.33. The Labute approximate surface area is 163 Å². The molecule has 1 fully saturated rings. The molecule has 1 saturated heterocycles. The number of carbonyl (C=O) groups excluding carboxylic acids is 1. The Morgan fingerprint density at radius 3 is 2.44 bits per heavy atom. The lowest BCUT2D eigenvalue weighted by molar-refractivity contribution is 0.0724. The van der Waals surface area contributed by atoms with Gasteiger partial charge in [-0.25, -0.2) is 4.68 Å². The van der Waals surface area contributed by atoms with Crippen molar-refractivity contribution in [1.82, 2.24) is 14.7 Å². The van der Waals surface area contributed by atoms with Gasteiger partial charge in [-0.15, -0.1) is 0 Å². The number of rotatable bonds is 3. The molecular weight excluding hydrogens is 360 g/mol. The summed E-state index contributed by atoms with van der Waals surface area (Å²) >= 11 is 6.07. The van der Waals surface area contributed by atoms with Crippen LogP contribution in [0.3, 0.4) is 0 Å². The molecule has 1 aliphatic heterocycles. The third-order valence-electron chi connectivity index (χ3n) is 4.86. The molecule has 0 unspecified atom stereocenters. The number of nitrogen functional groups attached to an aromatic ring is 1. The lowest BCUT2D eigenvalue weighted by atomic mass is 10.1. The van der Waals surface area contributed by atoms with E-state index in [1.807, 2.05) is 59.5 Å². The Hall–Kier alpha value is -2.79. The van der Waals surface area contributed by atoms with E-state index >= 15 is 0 Å². The molecule has 0 spiro atoms. The fraction of sp³-hybridized carbons (Fsp3) is 0.238. The SMILES string of the molecule is Nc1cc(-c2cccc(Cl)c2)nn1-c1ccc(C(=O)N2CCCCC2)cc1. The van der Waals surface area contributed by atoms with Crippen LogP contribution in [-0.4, -0.2) is 33.7 Å².